The Morgan fingerprint density at radius 1 is 1.07 bits per heavy atom. The van der Waals surface area contributed by atoms with Crippen LogP contribution >= 0.6 is 0 Å². The number of sulfonamides is 1. The van der Waals surface area contributed by atoms with Crippen molar-refractivity contribution in [3.05, 3.63) is 58.1 Å². The molecule has 0 atom stereocenters. The fourth-order valence-electron chi connectivity index (χ4n) is 3.21. The molecule has 2 aromatic carbocycles. The summed E-state index contributed by atoms with van der Waals surface area (Å²) in [5.41, 5.74) is 0.908. The number of oxime groups is 1. The summed E-state index contributed by atoms with van der Waals surface area (Å²) in [6.07, 6.45) is 1.39. The van der Waals surface area contributed by atoms with Gasteiger partial charge >= 0.3 is 0 Å². The van der Waals surface area contributed by atoms with Crippen LogP contribution in [-0.4, -0.2) is 64.3 Å². The molecule has 0 N–H and O–H groups in total. The number of methoxy groups -OCH3 is 1. The lowest BCUT2D eigenvalue weighted by Crippen LogP contribution is -2.48. The van der Waals surface area contributed by atoms with E-state index in [0.717, 1.165) is 0 Å². The van der Waals surface area contributed by atoms with Gasteiger partial charge < -0.3 is 14.5 Å². The normalized spacial score (nSPS) is 15.3. The average Bonchev–Trinajstić information content (AvgIpc) is 2.77. The van der Waals surface area contributed by atoms with Gasteiger partial charge in [0.15, 0.2) is 0 Å². The van der Waals surface area contributed by atoms with E-state index >= 15 is 0 Å². The van der Waals surface area contributed by atoms with E-state index in [1.807, 2.05) is 4.90 Å². The van der Waals surface area contributed by atoms with Crippen LogP contribution in [0, 0.1) is 10.1 Å². The van der Waals surface area contributed by atoms with Gasteiger partial charge in [-0.25, -0.2) is 8.42 Å². The summed E-state index contributed by atoms with van der Waals surface area (Å²) < 4.78 is 32.2. The van der Waals surface area contributed by atoms with Gasteiger partial charge in [0.25, 0.3) is 5.69 Å². The van der Waals surface area contributed by atoms with Gasteiger partial charge in [-0.2, -0.15) is 4.31 Å². The molecule has 0 aliphatic carbocycles. The maximum absolute atomic E-state index is 12.9. The minimum Gasteiger partial charge on any atom is -0.497 e. The van der Waals surface area contributed by atoms with Crippen molar-refractivity contribution in [3.63, 3.8) is 0 Å². The molecule has 0 aromatic heterocycles. The molecule has 1 aliphatic heterocycles. The molecule has 0 amide bonds. The zero-order chi connectivity index (χ0) is 21.7. The number of nitrogens with zero attached hydrogens (tertiary/aromatic N) is 4. The minimum atomic E-state index is -3.65. The van der Waals surface area contributed by atoms with Crippen LogP contribution in [0.25, 0.3) is 0 Å². The van der Waals surface area contributed by atoms with E-state index < -0.39 is 14.9 Å². The molecule has 0 radical (unpaired) electrons. The van der Waals surface area contributed by atoms with Crippen molar-refractivity contribution in [1.29, 1.82) is 0 Å². The van der Waals surface area contributed by atoms with Crippen molar-refractivity contribution in [1.82, 2.24) is 4.31 Å². The topological polar surface area (TPSA) is 115 Å². The van der Waals surface area contributed by atoms with Crippen LogP contribution in [0.4, 0.5) is 11.4 Å². The van der Waals surface area contributed by atoms with Gasteiger partial charge in [0, 0.05) is 37.8 Å². The first kappa shape index (κ1) is 21.5. The quantitative estimate of drug-likeness (QED) is 0.372. The third kappa shape index (κ3) is 4.52. The van der Waals surface area contributed by atoms with Crippen molar-refractivity contribution >= 4 is 27.6 Å². The number of ether oxygens (including phenoxy) is 1. The Morgan fingerprint density at radius 3 is 2.30 bits per heavy atom. The van der Waals surface area contributed by atoms with E-state index in [1.165, 1.54) is 42.9 Å². The van der Waals surface area contributed by atoms with Crippen molar-refractivity contribution in [2.24, 2.45) is 5.16 Å². The number of nitro benzene ring substituents is 1. The Balaban J connectivity index is 1.76. The summed E-state index contributed by atoms with van der Waals surface area (Å²) in [5.74, 6) is 0.574. The average molecular weight is 434 g/mol. The maximum Gasteiger partial charge on any atom is 0.293 e. The molecule has 1 fully saturated rings. The van der Waals surface area contributed by atoms with Gasteiger partial charge in [0.1, 0.15) is 18.5 Å². The highest BCUT2D eigenvalue weighted by Gasteiger charge is 2.30. The van der Waals surface area contributed by atoms with E-state index in [4.69, 9.17) is 4.74 Å². The van der Waals surface area contributed by atoms with Gasteiger partial charge in [-0.3, -0.25) is 10.1 Å². The summed E-state index contributed by atoms with van der Waals surface area (Å²) >= 11 is 0. The molecule has 2 aromatic rings. The predicted molar refractivity (Wildman–Crippen MR) is 112 cm³/mol. The van der Waals surface area contributed by atoms with Gasteiger partial charge in [-0.1, -0.05) is 11.2 Å². The third-order valence-corrected chi connectivity index (χ3v) is 6.69. The number of nitro groups is 1. The maximum atomic E-state index is 12.9. The lowest BCUT2D eigenvalue weighted by atomic mass is 10.1. The fraction of sp³-hybridized carbons (Fsp3) is 0.316. The molecule has 160 valence electrons. The van der Waals surface area contributed by atoms with E-state index in [9.17, 15) is 18.5 Å². The lowest BCUT2D eigenvalue weighted by Gasteiger charge is -2.35. The van der Waals surface area contributed by atoms with Crippen molar-refractivity contribution < 1.29 is 22.9 Å². The predicted octanol–water partition coefficient (Wildman–Crippen LogP) is 2.09. The molecule has 11 heteroatoms. The Morgan fingerprint density at radius 2 is 1.73 bits per heavy atom. The summed E-state index contributed by atoms with van der Waals surface area (Å²) in [7, 11) is -0.750. The number of hydrogen-bond donors (Lipinski definition) is 0. The standard InChI is InChI=1S/C19H22N4O6S/c1-28-16-4-6-17(7-5-16)30(26,27)22-11-9-21(10-12-22)18-8-3-15(14-20-29-2)13-19(18)23(24)25/h3-8,13-14H,9-12H2,1-2H3. The second-order valence-electron chi connectivity index (χ2n) is 6.49. The smallest absolute Gasteiger partial charge is 0.293 e. The fourth-order valence-corrected chi connectivity index (χ4v) is 4.64. The van der Waals surface area contributed by atoms with E-state index in [2.05, 4.69) is 9.99 Å². The molecule has 1 heterocycles. The molecule has 0 saturated carbocycles. The van der Waals surface area contributed by atoms with Crippen molar-refractivity contribution in [2.45, 2.75) is 4.90 Å². The monoisotopic (exact) mass is 434 g/mol. The van der Waals surface area contributed by atoms with Crippen molar-refractivity contribution in [3.8, 4) is 5.75 Å². The molecule has 0 bridgehead atoms. The van der Waals surface area contributed by atoms with Crippen LogP contribution in [0.1, 0.15) is 5.56 Å². The summed E-state index contributed by atoms with van der Waals surface area (Å²) in [4.78, 5) is 17.7. The van der Waals surface area contributed by atoms with Crippen LogP contribution in [0.3, 0.4) is 0 Å². The zero-order valence-electron chi connectivity index (χ0n) is 16.6. The number of anilines is 1. The summed E-state index contributed by atoms with van der Waals surface area (Å²) in [6, 6.07) is 11.0. The first-order valence-corrected chi connectivity index (χ1v) is 10.5. The Labute approximate surface area is 174 Å². The Kier molecular flexibility index (Phi) is 6.53. The molecule has 10 nitrogen and oxygen atoms in total. The van der Waals surface area contributed by atoms with Crippen molar-refractivity contribution in [2.75, 3.05) is 45.3 Å². The first-order chi connectivity index (χ1) is 14.4. The molecule has 0 unspecified atom stereocenters. The summed E-state index contributed by atoms with van der Waals surface area (Å²) in [5, 5.41) is 15.2. The van der Waals surface area contributed by atoms with Crippen LogP contribution in [0.15, 0.2) is 52.5 Å². The zero-order valence-corrected chi connectivity index (χ0v) is 17.4. The first-order valence-electron chi connectivity index (χ1n) is 9.11. The number of hydrogen-bond acceptors (Lipinski definition) is 8. The molecule has 1 aliphatic rings. The van der Waals surface area contributed by atoms with Gasteiger partial charge in [0.2, 0.25) is 10.0 Å². The summed E-state index contributed by atoms with van der Waals surface area (Å²) in [6.45, 7) is 1.11. The highest BCUT2D eigenvalue weighted by Crippen LogP contribution is 2.30. The van der Waals surface area contributed by atoms with E-state index in [0.29, 0.717) is 30.1 Å². The van der Waals surface area contributed by atoms with Crippen LogP contribution < -0.4 is 9.64 Å². The SMILES string of the molecule is CON=Cc1ccc(N2CCN(S(=O)(=O)c3ccc(OC)cc3)CC2)c([N+](=O)[O-])c1. The molecular weight excluding hydrogens is 412 g/mol. The Bertz CT molecular complexity index is 1030. The van der Waals surface area contributed by atoms with Gasteiger partial charge in [0.05, 0.1) is 23.1 Å². The molecule has 30 heavy (non-hydrogen) atoms. The molecule has 0 spiro atoms. The van der Waals surface area contributed by atoms with Crippen LogP contribution in [-0.2, 0) is 14.9 Å². The number of piperazine rings is 1. The number of benzene rings is 2. The largest absolute Gasteiger partial charge is 0.497 e. The highest BCUT2D eigenvalue weighted by molar-refractivity contribution is 7.89. The molecule has 3 rings (SSSR count). The Hall–Kier alpha value is -3.18. The minimum absolute atomic E-state index is 0.0680. The number of rotatable bonds is 7. The third-order valence-electron chi connectivity index (χ3n) is 4.78. The van der Waals surface area contributed by atoms with Crippen LogP contribution in [0.5, 0.6) is 5.75 Å². The lowest BCUT2D eigenvalue weighted by molar-refractivity contribution is -0.384. The highest BCUT2D eigenvalue weighted by atomic mass is 32.2. The molecular formula is C19H22N4O6S. The second-order valence-corrected chi connectivity index (χ2v) is 8.43. The van der Waals surface area contributed by atoms with Gasteiger partial charge in [-0.15, -0.1) is 0 Å². The van der Waals surface area contributed by atoms with E-state index in [-0.39, 0.29) is 23.7 Å². The van der Waals surface area contributed by atoms with Crippen LogP contribution in [0.2, 0.25) is 0 Å². The molecule has 1 saturated heterocycles. The second kappa shape index (κ2) is 9.09. The van der Waals surface area contributed by atoms with Gasteiger partial charge in [-0.05, 0) is 30.3 Å². The van der Waals surface area contributed by atoms with E-state index in [1.54, 1.807) is 24.3 Å².